The Morgan fingerprint density at radius 2 is 1.92 bits per heavy atom. The van der Waals surface area contributed by atoms with Gasteiger partial charge in [0.05, 0.1) is 12.2 Å². The molecule has 3 atom stereocenters. The summed E-state index contributed by atoms with van der Waals surface area (Å²) < 4.78 is 11.4. The molecule has 1 fully saturated rings. The number of hydrogen-bond donors (Lipinski definition) is 0. The lowest BCUT2D eigenvalue weighted by Crippen LogP contribution is -2.41. The summed E-state index contributed by atoms with van der Waals surface area (Å²) in [6, 6.07) is 14.6. The second-order valence-electron chi connectivity index (χ2n) is 7.74. The van der Waals surface area contributed by atoms with Crippen LogP contribution in [0.5, 0.6) is 0 Å². The molecule has 0 N–H and O–H groups in total. The van der Waals surface area contributed by atoms with Gasteiger partial charge < -0.3 is 8.84 Å². The van der Waals surface area contributed by atoms with Crippen LogP contribution in [0.4, 0.5) is 0 Å². The molecule has 1 saturated carbocycles. The monoisotopic (exact) mass is 336 g/mol. The third-order valence-corrected chi connectivity index (χ3v) is 5.58. The zero-order valence-electron chi connectivity index (χ0n) is 15.4. The van der Waals surface area contributed by atoms with Gasteiger partial charge in [0.1, 0.15) is 0 Å². The molecule has 25 heavy (non-hydrogen) atoms. The largest absolute Gasteiger partial charge is 0.484 e. The lowest BCUT2D eigenvalue weighted by atomic mass is 9.64. The summed E-state index contributed by atoms with van der Waals surface area (Å²) in [6.45, 7) is 7.01. The molecule has 1 aliphatic carbocycles. The van der Waals surface area contributed by atoms with Gasteiger partial charge in [-0.1, -0.05) is 51.1 Å². The first-order valence-electron chi connectivity index (χ1n) is 9.24. The van der Waals surface area contributed by atoms with E-state index in [4.69, 9.17) is 8.84 Å². The van der Waals surface area contributed by atoms with Gasteiger partial charge in [-0.2, -0.15) is 6.08 Å². The lowest BCUT2D eigenvalue weighted by molar-refractivity contribution is -0.0784. The van der Waals surface area contributed by atoms with Crippen LogP contribution in [0.3, 0.4) is 0 Å². The predicted octanol–water partition coefficient (Wildman–Crippen LogP) is 5.72. The van der Waals surface area contributed by atoms with Crippen molar-refractivity contribution in [1.82, 2.24) is 0 Å². The van der Waals surface area contributed by atoms with Crippen LogP contribution < -0.4 is 0 Å². The van der Waals surface area contributed by atoms with Gasteiger partial charge in [-0.15, -0.1) is 6.08 Å². The molecule has 0 amide bonds. The van der Waals surface area contributed by atoms with Crippen LogP contribution >= 0.6 is 0 Å². The molecule has 0 aliphatic heterocycles. The molecule has 1 aromatic heterocycles. The first-order valence-corrected chi connectivity index (χ1v) is 9.24. The van der Waals surface area contributed by atoms with Gasteiger partial charge in [0.15, 0.2) is 0 Å². The molecule has 0 saturated heterocycles. The summed E-state index contributed by atoms with van der Waals surface area (Å²) in [6.07, 6.45) is 12.1. The van der Waals surface area contributed by atoms with E-state index >= 15 is 0 Å². The highest BCUT2D eigenvalue weighted by Crippen LogP contribution is 2.42. The molecule has 1 aliphatic rings. The molecular formula is C23H28O2. The van der Waals surface area contributed by atoms with Gasteiger partial charge in [0.2, 0.25) is 6.29 Å². The molecular weight excluding hydrogens is 308 g/mol. The quantitative estimate of drug-likeness (QED) is 0.389. The smallest absolute Gasteiger partial charge is 0.252 e. The molecule has 132 valence electrons. The molecule has 0 bridgehead atoms. The molecule has 0 radical (unpaired) electrons. The summed E-state index contributed by atoms with van der Waals surface area (Å²) in [4.78, 5) is 0. The first kappa shape index (κ1) is 17.7. The maximum atomic E-state index is 6.09. The van der Waals surface area contributed by atoms with Crippen LogP contribution in [0.15, 0.2) is 59.2 Å². The molecule has 0 unspecified atom stereocenters. The fourth-order valence-corrected chi connectivity index (χ4v) is 4.00. The van der Waals surface area contributed by atoms with Gasteiger partial charge in [0, 0.05) is 17.6 Å². The number of benzene rings is 1. The minimum atomic E-state index is 0.0818. The highest BCUT2D eigenvalue weighted by atomic mass is 16.4. The van der Waals surface area contributed by atoms with Crippen LogP contribution in [0, 0.1) is 11.8 Å². The minimum Gasteiger partial charge on any atom is -0.484 e. The van der Waals surface area contributed by atoms with Gasteiger partial charge in [-0.25, -0.2) is 0 Å². The highest BCUT2D eigenvalue weighted by molar-refractivity contribution is 5.73. The number of hydrogen-bond acceptors (Lipinski definition) is 1. The third-order valence-electron chi connectivity index (χ3n) is 5.58. The number of allylic oxidation sites excluding steroid dienone is 1. The Kier molecular flexibility index (Phi) is 5.57. The minimum absolute atomic E-state index is 0.0818. The van der Waals surface area contributed by atoms with Crippen molar-refractivity contribution in [2.24, 2.45) is 11.8 Å². The van der Waals surface area contributed by atoms with Crippen LogP contribution in [0.1, 0.15) is 51.4 Å². The SMILES string of the molecule is C[C@@H]1CC[C@@H](C(C)(C)c2ccccc2)[C@H]([O+]=[C-]/C=C/c2ccco2)C1. The van der Waals surface area contributed by atoms with E-state index in [1.54, 1.807) is 6.26 Å². The zero-order chi connectivity index (χ0) is 17.7. The fourth-order valence-electron chi connectivity index (χ4n) is 4.00. The zero-order valence-corrected chi connectivity index (χ0v) is 15.4. The van der Waals surface area contributed by atoms with Crippen molar-refractivity contribution in [1.29, 1.82) is 0 Å². The highest BCUT2D eigenvalue weighted by Gasteiger charge is 2.44. The number of furan rings is 1. The van der Waals surface area contributed by atoms with Crippen molar-refractivity contribution in [3.05, 3.63) is 66.1 Å². The molecule has 2 nitrogen and oxygen atoms in total. The molecule has 1 heterocycles. The maximum Gasteiger partial charge on any atom is 0.252 e. The third kappa shape index (κ3) is 4.31. The van der Waals surface area contributed by atoms with E-state index in [9.17, 15) is 0 Å². The molecule has 3 rings (SSSR count). The molecule has 1 aromatic carbocycles. The Labute approximate surface area is 151 Å². The summed E-state index contributed by atoms with van der Waals surface area (Å²) in [5, 5.41) is 0. The van der Waals surface area contributed by atoms with E-state index in [-0.39, 0.29) is 11.5 Å². The fraction of sp³-hybridized carbons (Fsp3) is 0.435. The van der Waals surface area contributed by atoms with E-state index in [1.165, 1.54) is 18.4 Å². The van der Waals surface area contributed by atoms with Crippen molar-refractivity contribution < 1.29 is 8.84 Å². The van der Waals surface area contributed by atoms with Crippen LogP contribution in [0.2, 0.25) is 0 Å². The van der Waals surface area contributed by atoms with Crippen LogP contribution in [0.25, 0.3) is 6.08 Å². The van der Waals surface area contributed by atoms with E-state index in [0.717, 1.165) is 12.2 Å². The predicted molar refractivity (Wildman–Crippen MR) is 103 cm³/mol. The number of carbonyl (C=O) groups excluding carboxylic acids is 1. The standard InChI is InChI=1S/C23H28O2/c1-18-13-14-21(23(2,3)19-9-5-4-6-10-19)22(17-18)25-16-8-12-20-11-7-15-24-20/h4-12,15,18,21-22H,13-14,17H2,1-3H3/b12-8+/t18-,21-,22-/m1/s1. The average molecular weight is 336 g/mol. The Morgan fingerprint density at radius 1 is 1.12 bits per heavy atom. The Hall–Kier alpha value is -2.09. The summed E-state index contributed by atoms with van der Waals surface area (Å²) in [5.41, 5.74) is 1.47. The molecule has 2 heteroatoms. The van der Waals surface area contributed by atoms with Gasteiger partial charge in [-0.3, -0.25) is 0 Å². The van der Waals surface area contributed by atoms with Crippen LogP contribution in [-0.2, 0) is 9.84 Å². The van der Waals surface area contributed by atoms with Crippen molar-refractivity contribution >= 4 is 12.4 Å². The number of rotatable bonds is 5. The van der Waals surface area contributed by atoms with Crippen molar-refractivity contribution in [3.8, 4) is 0 Å². The topological polar surface area (TPSA) is 24.4 Å². The van der Waals surface area contributed by atoms with E-state index in [1.807, 2.05) is 24.3 Å². The summed E-state index contributed by atoms with van der Waals surface area (Å²) >= 11 is 0. The Morgan fingerprint density at radius 3 is 2.64 bits per heavy atom. The van der Waals surface area contributed by atoms with Crippen LogP contribution in [-0.4, -0.2) is 12.4 Å². The van der Waals surface area contributed by atoms with E-state index in [2.05, 4.69) is 57.4 Å². The summed E-state index contributed by atoms with van der Waals surface area (Å²) in [7, 11) is 0. The van der Waals surface area contributed by atoms with Gasteiger partial charge in [0.25, 0.3) is 6.10 Å². The molecule has 0 spiro atoms. The van der Waals surface area contributed by atoms with Crippen molar-refractivity contribution in [2.75, 3.05) is 0 Å². The molecule has 2 aromatic rings. The Balaban J connectivity index is 1.76. The second-order valence-corrected chi connectivity index (χ2v) is 7.74. The van der Waals surface area contributed by atoms with Crippen molar-refractivity contribution in [2.45, 2.75) is 51.6 Å². The summed E-state index contributed by atoms with van der Waals surface area (Å²) in [5.74, 6) is 1.99. The van der Waals surface area contributed by atoms with Gasteiger partial charge in [-0.05, 0) is 36.5 Å². The maximum absolute atomic E-state index is 6.09. The van der Waals surface area contributed by atoms with E-state index in [0.29, 0.717) is 11.8 Å². The second kappa shape index (κ2) is 7.86. The average Bonchev–Trinajstić information content (AvgIpc) is 3.13. The lowest BCUT2D eigenvalue weighted by Gasteiger charge is -2.39. The Bertz CT molecular complexity index is 695. The van der Waals surface area contributed by atoms with E-state index < -0.39 is 0 Å². The van der Waals surface area contributed by atoms with Gasteiger partial charge >= 0.3 is 0 Å². The normalized spacial score (nSPS) is 25.0. The first-order chi connectivity index (χ1) is 12.1. The van der Waals surface area contributed by atoms with Crippen molar-refractivity contribution in [3.63, 3.8) is 0 Å².